The Morgan fingerprint density at radius 3 is 1.27 bits per heavy atom. The first-order valence-electron chi connectivity index (χ1n) is 26.0. The van der Waals surface area contributed by atoms with E-state index in [0.717, 1.165) is 109 Å². The molecule has 380 valence electrons. The second-order valence-electron chi connectivity index (χ2n) is 18.1. The Balaban J connectivity index is 4.26. The molecule has 0 heterocycles. The van der Waals surface area contributed by atoms with Crippen molar-refractivity contribution < 1.29 is 42.9 Å². The molecule has 2 atom stereocenters. The molecule has 0 radical (unpaired) electrons. The maximum Gasteiger partial charge on any atom is 0.306 e. The number of nitrogens with zero attached hydrogens (tertiary/aromatic N) is 1. The SMILES string of the molecule is CC/C=C\C/C=C\C/C=C\C/C=C\C/C=C\C/C=C\C/C=C\C/C=C\C/C=C\CCCCCCCC(=O)OC(COC(=O)CCCCCCCCCCC)COC(OCC[N+](C)(C)C)C(=O)[O-]. The largest absolute Gasteiger partial charge is 0.545 e. The normalized spacial score (nSPS) is 13.7. The third-order valence-corrected chi connectivity index (χ3v) is 10.5. The highest BCUT2D eigenvalue weighted by molar-refractivity contribution is 5.70. The van der Waals surface area contributed by atoms with E-state index < -0.39 is 24.3 Å². The quantitative estimate of drug-likeness (QED) is 0.0195. The first-order valence-corrected chi connectivity index (χ1v) is 26.0. The maximum atomic E-state index is 12.8. The minimum absolute atomic E-state index is 0.139. The number of carbonyl (C=O) groups excluding carboxylic acids is 3. The summed E-state index contributed by atoms with van der Waals surface area (Å²) in [7, 11) is 5.89. The molecule has 0 aliphatic rings. The molecular formula is C58H95NO8. The monoisotopic (exact) mass is 934 g/mol. The van der Waals surface area contributed by atoms with E-state index in [1.807, 2.05) is 21.1 Å². The zero-order chi connectivity index (χ0) is 49.2. The number of allylic oxidation sites excluding steroid dienone is 18. The number of rotatable bonds is 46. The van der Waals surface area contributed by atoms with Crippen molar-refractivity contribution in [1.29, 1.82) is 0 Å². The first-order chi connectivity index (χ1) is 32.6. The molecule has 0 rings (SSSR count). The van der Waals surface area contributed by atoms with E-state index in [4.69, 9.17) is 18.9 Å². The van der Waals surface area contributed by atoms with Gasteiger partial charge in [0, 0.05) is 12.8 Å². The molecule has 0 N–H and O–H groups in total. The van der Waals surface area contributed by atoms with Gasteiger partial charge in [-0.05, 0) is 83.5 Å². The summed E-state index contributed by atoms with van der Waals surface area (Å²) in [5, 5.41) is 11.7. The predicted molar refractivity (Wildman–Crippen MR) is 278 cm³/mol. The highest BCUT2D eigenvalue weighted by atomic mass is 16.7. The van der Waals surface area contributed by atoms with Crippen molar-refractivity contribution in [3.8, 4) is 0 Å². The summed E-state index contributed by atoms with van der Waals surface area (Å²) in [4.78, 5) is 37.0. The second-order valence-corrected chi connectivity index (χ2v) is 18.1. The predicted octanol–water partition coefficient (Wildman–Crippen LogP) is 13.4. The highest BCUT2D eigenvalue weighted by Crippen LogP contribution is 2.13. The standard InChI is InChI=1S/C58H95NO8/c1-6-8-10-12-14-16-17-18-19-20-21-22-23-24-25-26-27-28-29-30-31-32-33-34-35-36-37-38-39-41-43-45-47-49-56(61)67-54(53-66-58(57(62)63)64-51-50-59(3,4)5)52-65-55(60)48-46-44-42-40-15-13-11-9-7-2/h8,10,14,16,18-19,21-22,24-25,27-28,30-31,33-34,36-37,54,58H,6-7,9,11-13,15,17,20,23,26,29,32,35,38-53H2,1-5H3/b10-8-,16-14-,19-18-,22-21-,25-24-,28-27-,31-30-,34-33-,37-36-. The fourth-order valence-corrected chi connectivity index (χ4v) is 6.53. The van der Waals surface area contributed by atoms with Crippen LogP contribution in [0, 0.1) is 0 Å². The van der Waals surface area contributed by atoms with Gasteiger partial charge >= 0.3 is 11.9 Å². The van der Waals surface area contributed by atoms with Gasteiger partial charge in [-0.3, -0.25) is 9.59 Å². The van der Waals surface area contributed by atoms with Crippen LogP contribution in [-0.4, -0.2) is 82.3 Å². The zero-order valence-corrected chi connectivity index (χ0v) is 43.0. The molecule has 0 amide bonds. The fraction of sp³-hybridized carbons (Fsp3) is 0.638. The number of esters is 2. The van der Waals surface area contributed by atoms with Crippen molar-refractivity contribution in [3.63, 3.8) is 0 Å². The van der Waals surface area contributed by atoms with Crippen LogP contribution < -0.4 is 5.11 Å². The number of likely N-dealkylation sites (N-methyl/N-ethyl adjacent to an activating group) is 1. The van der Waals surface area contributed by atoms with Crippen LogP contribution in [0.15, 0.2) is 109 Å². The molecule has 0 fully saturated rings. The molecule has 67 heavy (non-hydrogen) atoms. The average Bonchev–Trinajstić information content (AvgIpc) is 3.29. The van der Waals surface area contributed by atoms with Crippen LogP contribution in [0.2, 0.25) is 0 Å². The summed E-state index contributed by atoms with van der Waals surface area (Å²) >= 11 is 0. The third-order valence-electron chi connectivity index (χ3n) is 10.5. The summed E-state index contributed by atoms with van der Waals surface area (Å²) in [6.07, 6.45) is 62.9. The summed E-state index contributed by atoms with van der Waals surface area (Å²) in [6.45, 7) is 4.55. The minimum Gasteiger partial charge on any atom is -0.545 e. The summed E-state index contributed by atoms with van der Waals surface area (Å²) in [5.74, 6) is -2.33. The lowest BCUT2D eigenvalue weighted by molar-refractivity contribution is -0.870. The van der Waals surface area contributed by atoms with Gasteiger partial charge in [-0.15, -0.1) is 0 Å². The van der Waals surface area contributed by atoms with Gasteiger partial charge < -0.3 is 33.3 Å². The molecule has 9 heteroatoms. The molecule has 2 unspecified atom stereocenters. The molecule has 0 spiro atoms. The van der Waals surface area contributed by atoms with Gasteiger partial charge in [0.15, 0.2) is 12.4 Å². The van der Waals surface area contributed by atoms with Crippen LogP contribution in [-0.2, 0) is 33.3 Å². The average molecular weight is 934 g/mol. The van der Waals surface area contributed by atoms with Crippen LogP contribution in [0.3, 0.4) is 0 Å². The van der Waals surface area contributed by atoms with Crippen molar-refractivity contribution in [2.45, 2.75) is 193 Å². The topological polar surface area (TPSA) is 111 Å². The van der Waals surface area contributed by atoms with E-state index in [1.54, 1.807) is 0 Å². The van der Waals surface area contributed by atoms with E-state index in [-0.39, 0.29) is 38.6 Å². The van der Waals surface area contributed by atoms with Gasteiger partial charge in [-0.2, -0.15) is 0 Å². The van der Waals surface area contributed by atoms with E-state index in [0.29, 0.717) is 17.4 Å². The van der Waals surface area contributed by atoms with Gasteiger partial charge in [0.1, 0.15) is 13.2 Å². The first kappa shape index (κ1) is 63.0. The number of carbonyl (C=O) groups is 3. The number of quaternary nitrogens is 1. The van der Waals surface area contributed by atoms with E-state index in [9.17, 15) is 19.5 Å². The van der Waals surface area contributed by atoms with Gasteiger partial charge in [0.05, 0.1) is 40.3 Å². The van der Waals surface area contributed by atoms with Crippen LogP contribution in [0.1, 0.15) is 181 Å². The van der Waals surface area contributed by atoms with E-state index in [1.165, 1.54) is 38.5 Å². The summed E-state index contributed by atoms with van der Waals surface area (Å²) in [5.41, 5.74) is 0. The van der Waals surface area contributed by atoms with Crippen molar-refractivity contribution in [2.24, 2.45) is 0 Å². The van der Waals surface area contributed by atoms with Gasteiger partial charge in [-0.25, -0.2) is 0 Å². The van der Waals surface area contributed by atoms with Crippen molar-refractivity contribution in [3.05, 3.63) is 109 Å². The number of hydrogen-bond donors (Lipinski definition) is 0. The smallest absolute Gasteiger partial charge is 0.306 e. The van der Waals surface area contributed by atoms with E-state index >= 15 is 0 Å². The molecule has 0 saturated heterocycles. The third kappa shape index (κ3) is 49.7. The lowest BCUT2D eigenvalue weighted by atomic mass is 10.1. The number of aliphatic carboxylic acids is 1. The van der Waals surface area contributed by atoms with Gasteiger partial charge in [-0.1, -0.05) is 194 Å². The Bertz CT molecular complexity index is 1460. The van der Waals surface area contributed by atoms with Crippen LogP contribution in [0.4, 0.5) is 0 Å². The zero-order valence-electron chi connectivity index (χ0n) is 43.0. The van der Waals surface area contributed by atoms with Crippen molar-refractivity contribution in [1.82, 2.24) is 0 Å². The Hall–Kier alpha value is -4.05. The van der Waals surface area contributed by atoms with Crippen molar-refractivity contribution in [2.75, 3.05) is 47.5 Å². The van der Waals surface area contributed by atoms with Gasteiger partial charge in [0.2, 0.25) is 0 Å². The second kappa shape index (κ2) is 48.4. The molecule has 0 aliphatic heterocycles. The Morgan fingerprint density at radius 2 is 0.851 bits per heavy atom. The molecule has 0 aromatic carbocycles. The maximum absolute atomic E-state index is 12.8. The highest BCUT2D eigenvalue weighted by Gasteiger charge is 2.21. The number of carboxylic acid groups (broad SMARTS) is 1. The lowest BCUT2D eigenvalue weighted by Gasteiger charge is -2.26. The van der Waals surface area contributed by atoms with Gasteiger partial charge in [0.25, 0.3) is 0 Å². The number of hydrogen-bond acceptors (Lipinski definition) is 8. The molecular weight excluding hydrogens is 839 g/mol. The Morgan fingerprint density at radius 1 is 0.463 bits per heavy atom. The fourth-order valence-electron chi connectivity index (χ4n) is 6.53. The molecule has 0 aliphatic carbocycles. The molecule has 0 saturated carbocycles. The molecule has 0 aromatic heterocycles. The summed E-state index contributed by atoms with van der Waals surface area (Å²) in [6, 6.07) is 0. The molecule has 0 aromatic rings. The number of carboxylic acids is 1. The Kier molecular flexibility index (Phi) is 45.5. The molecule has 0 bridgehead atoms. The lowest BCUT2D eigenvalue weighted by Crippen LogP contribution is -2.44. The minimum atomic E-state index is -1.63. The van der Waals surface area contributed by atoms with Crippen LogP contribution >= 0.6 is 0 Å². The molecule has 9 nitrogen and oxygen atoms in total. The van der Waals surface area contributed by atoms with Crippen LogP contribution in [0.25, 0.3) is 0 Å². The summed E-state index contributed by atoms with van der Waals surface area (Å²) < 4.78 is 22.5. The van der Waals surface area contributed by atoms with Crippen molar-refractivity contribution >= 4 is 17.9 Å². The van der Waals surface area contributed by atoms with Crippen LogP contribution in [0.5, 0.6) is 0 Å². The van der Waals surface area contributed by atoms with E-state index in [2.05, 4.69) is 123 Å². The Labute approximate surface area is 409 Å². The number of unbranched alkanes of at least 4 members (excludes halogenated alkanes) is 13. The number of ether oxygens (including phenoxy) is 4.